The topological polar surface area (TPSA) is 72.3 Å². The van der Waals surface area contributed by atoms with Crippen molar-refractivity contribution in [1.82, 2.24) is 0 Å². The molecule has 0 bridgehead atoms. The number of nitrogens with two attached hydrogens (primary N) is 2. The Morgan fingerprint density at radius 2 is 2.16 bits per heavy atom. The molecule has 2 rings (SSSR count). The molecular formula is C15H23N3O. The lowest BCUT2D eigenvalue weighted by atomic mass is 9.98. The van der Waals surface area contributed by atoms with Crippen LogP contribution in [0.2, 0.25) is 0 Å². The number of nitrogens with zero attached hydrogens (tertiary/aromatic N) is 1. The van der Waals surface area contributed by atoms with Crippen LogP contribution in [0.15, 0.2) is 18.2 Å². The fourth-order valence-electron chi connectivity index (χ4n) is 2.91. The zero-order valence-electron chi connectivity index (χ0n) is 11.6. The summed E-state index contributed by atoms with van der Waals surface area (Å²) >= 11 is 0. The SMILES string of the molecule is CCC1CCCN(c2c(N)cccc2C(N)=O)CC1. The molecule has 1 fully saturated rings. The molecule has 1 aliphatic heterocycles. The Labute approximate surface area is 114 Å². The molecule has 0 spiro atoms. The van der Waals surface area contributed by atoms with Crippen molar-refractivity contribution in [3.8, 4) is 0 Å². The first kappa shape index (κ1) is 13.7. The minimum absolute atomic E-state index is 0.404. The van der Waals surface area contributed by atoms with Crippen molar-refractivity contribution in [2.75, 3.05) is 23.7 Å². The molecule has 0 radical (unpaired) electrons. The summed E-state index contributed by atoms with van der Waals surface area (Å²) in [6.07, 6.45) is 4.78. The second kappa shape index (κ2) is 5.95. The van der Waals surface area contributed by atoms with Crippen molar-refractivity contribution in [3.05, 3.63) is 23.8 Å². The number of hydrogen-bond donors (Lipinski definition) is 2. The summed E-state index contributed by atoms with van der Waals surface area (Å²) in [5.74, 6) is 0.380. The fraction of sp³-hybridized carbons (Fsp3) is 0.533. The van der Waals surface area contributed by atoms with E-state index in [0.29, 0.717) is 11.3 Å². The van der Waals surface area contributed by atoms with E-state index in [1.54, 1.807) is 12.1 Å². The van der Waals surface area contributed by atoms with Crippen molar-refractivity contribution in [2.45, 2.75) is 32.6 Å². The number of nitrogen functional groups attached to an aromatic ring is 1. The molecule has 4 heteroatoms. The quantitative estimate of drug-likeness (QED) is 0.820. The number of carbonyl (C=O) groups is 1. The fourth-order valence-corrected chi connectivity index (χ4v) is 2.91. The maximum atomic E-state index is 11.6. The zero-order valence-corrected chi connectivity index (χ0v) is 11.6. The average Bonchev–Trinajstić information content (AvgIpc) is 2.63. The normalized spacial score (nSPS) is 20.1. The predicted molar refractivity (Wildman–Crippen MR) is 79.2 cm³/mol. The lowest BCUT2D eigenvalue weighted by molar-refractivity contribution is 0.100. The number of amides is 1. The number of para-hydroxylation sites is 1. The first-order valence-corrected chi connectivity index (χ1v) is 7.06. The summed E-state index contributed by atoms with van der Waals surface area (Å²) in [5, 5.41) is 0. The van der Waals surface area contributed by atoms with Gasteiger partial charge in [-0.05, 0) is 37.3 Å². The molecule has 19 heavy (non-hydrogen) atoms. The Morgan fingerprint density at radius 1 is 1.37 bits per heavy atom. The highest BCUT2D eigenvalue weighted by Crippen LogP contribution is 2.31. The third-order valence-electron chi connectivity index (χ3n) is 4.07. The molecule has 0 aromatic heterocycles. The Bertz CT molecular complexity index is 459. The van der Waals surface area contributed by atoms with Crippen LogP contribution in [0.5, 0.6) is 0 Å². The second-order valence-electron chi connectivity index (χ2n) is 5.30. The molecule has 1 amide bonds. The van der Waals surface area contributed by atoms with E-state index in [2.05, 4.69) is 11.8 Å². The third-order valence-corrected chi connectivity index (χ3v) is 4.07. The molecule has 0 aliphatic carbocycles. The average molecular weight is 261 g/mol. The van der Waals surface area contributed by atoms with Crippen molar-refractivity contribution >= 4 is 17.3 Å². The standard InChI is InChI=1S/C15H23N3O/c1-2-11-5-4-9-18(10-8-11)14-12(15(17)19)6-3-7-13(14)16/h3,6-7,11H,2,4-5,8-10,16H2,1H3,(H2,17,19). The number of primary amides is 1. The number of rotatable bonds is 3. The highest BCUT2D eigenvalue weighted by molar-refractivity contribution is 6.01. The highest BCUT2D eigenvalue weighted by Gasteiger charge is 2.21. The summed E-state index contributed by atoms with van der Waals surface area (Å²) in [6, 6.07) is 5.38. The van der Waals surface area contributed by atoms with Gasteiger partial charge < -0.3 is 16.4 Å². The summed E-state index contributed by atoms with van der Waals surface area (Å²) in [6.45, 7) is 4.14. The van der Waals surface area contributed by atoms with Gasteiger partial charge in [-0.2, -0.15) is 0 Å². The van der Waals surface area contributed by atoms with Crippen LogP contribution in [0.4, 0.5) is 11.4 Å². The number of hydrogen-bond acceptors (Lipinski definition) is 3. The monoisotopic (exact) mass is 261 g/mol. The molecule has 1 aromatic rings. The smallest absolute Gasteiger partial charge is 0.250 e. The largest absolute Gasteiger partial charge is 0.397 e. The van der Waals surface area contributed by atoms with Gasteiger partial charge >= 0.3 is 0 Å². The summed E-state index contributed by atoms with van der Waals surface area (Å²) < 4.78 is 0. The first-order valence-electron chi connectivity index (χ1n) is 7.06. The molecule has 1 saturated heterocycles. The van der Waals surface area contributed by atoms with Crippen LogP contribution in [0.3, 0.4) is 0 Å². The Morgan fingerprint density at radius 3 is 2.84 bits per heavy atom. The van der Waals surface area contributed by atoms with E-state index in [9.17, 15) is 4.79 Å². The van der Waals surface area contributed by atoms with Gasteiger partial charge in [0.1, 0.15) is 0 Å². The van der Waals surface area contributed by atoms with E-state index in [0.717, 1.165) is 37.5 Å². The summed E-state index contributed by atoms with van der Waals surface area (Å²) in [5.41, 5.74) is 13.5. The molecule has 1 unspecified atom stereocenters. The van der Waals surface area contributed by atoms with Crippen molar-refractivity contribution in [1.29, 1.82) is 0 Å². The minimum Gasteiger partial charge on any atom is -0.397 e. The Balaban J connectivity index is 2.28. The molecule has 4 nitrogen and oxygen atoms in total. The van der Waals surface area contributed by atoms with Crippen LogP contribution in [-0.4, -0.2) is 19.0 Å². The molecular weight excluding hydrogens is 238 g/mol. The van der Waals surface area contributed by atoms with Gasteiger partial charge in [-0.15, -0.1) is 0 Å². The van der Waals surface area contributed by atoms with E-state index in [1.807, 2.05) is 6.07 Å². The van der Waals surface area contributed by atoms with Gasteiger partial charge in [-0.25, -0.2) is 0 Å². The van der Waals surface area contributed by atoms with Gasteiger partial charge in [-0.1, -0.05) is 19.4 Å². The van der Waals surface area contributed by atoms with E-state index >= 15 is 0 Å². The van der Waals surface area contributed by atoms with Gasteiger partial charge in [0.25, 0.3) is 5.91 Å². The van der Waals surface area contributed by atoms with Crippen molar-refractivity contribution < 1.29 is 4.79 Å². The molecule has 1 aliphatic rings. The first-order chi connectivity index (χ1) is 9.13. The van der Waals surface area contributed by atoms with E-state index in [4.69, 9.17) is 11.5 Å². The second-order valence-corrected chi connectivity index (χ2v) is 5.30. The van der Waals surface area contributed by atoms with Crippen LogP contribution in [0.1, 0.15) is 43.0 Å². The molecule has 104 valence electrons. The lowest BCUT2D eigenvalue weighted by Gasteiger charge is -2.26. The van der Waals surface area contributed by atoms with Gasteiger partial charge in [0.05, 0.1) is 16.9 Å². The van der Waals surface area contributed by atoms with Crippen LogP contribution in [0, 0.1) is 5.92 Å². The van der Waals surface area contributed by atoms with Gasteiger partial charge in [-0.3, -0.25) is 4.79 Å². The van der Waals surface area contributed by atoms with Crippen LogP contribution < -0.4 is 16.4 Å². The maximum absolute atomic E-state index is 11.6. The van der Waals surface area contributed by atoms with Crippen LogP contribution >= 0.6 is 0 Å². The molecule has 1 aromatic carbocycles. The number of carbonyl (C=O) groups excluding carboxylic acids is 1. The van der Waals surface area contributed by atoms with Crippen LogP contribution in [-0.2, 0) is 0 Å². The predicted octanol–water partition coefficient (Wildman–Crippen LogP) is 2.38. The summed E-state index contributed by atoms with van der Waals surface area (Å²) in [7, 11) is 0. The van der Waals surface area contributed by atoms with Crippen molar-refractivity contribution in [3.63, 3.8) is 0 Å². The van der Waals surface area contributed by atoms with E-state index in [1.165, 1.54) is 12.8 Å². The molecule has 4 N–H and O–H groups in total. The summed E-state index contributed by atoms with van der Waals surface area (Å²) in [4.78, 5) is 13.8. The van der Waals surface area contributed by atoms with Gasteiger partial charge in [0.15, 0.2) is 0 Å². The molecule has 1 atom stereocenters. The minimum atomic E-state index is -0.404. The van der Waals surface area contributed by atoms with E-state index < -0.39 is 5.91 Å². The number of benzene rings is 1. The maximum Gasteiger partial charge on any atom is 0.250 e. The van der Waals surface area contributed by atoms with E-state index in [-0.39, 0.29) is 0 Å². The molecule has 1 heterocycles. The van der Waals surface area contributed by atoms with Crippen LogP contribution in [0.25, 0.3) is 0 Å². The number of anilines is 2. The third kappa shape index (κ3) is 3.00. The zero-order chi connectivity index (χ0) is 13.8. The van der Waals surface area contributed by atoms with Crippen molar-refractivity contribution in [2.24, 2.45) is 11.7 Å². The highest BCUT2D eigenvalue weighted by atomic mass is 16.1. The lowest BCUT2D eigenvalue weighted by Crippen LogP contribution is -2.28. The Hall–Kier alpha value is -1.71. The van der Waals surface area contributed by atoms with Gasteiger partial charge in [0, 0.05) is 13.1 Å². The Kier molecular flexibility index (Phi) is 4.30. The van der Waals surface area contributed by atoms with Gasteiger partial charge in [0.2, 0.25) is 0 Å². The molecule has 0 saturated carbocycles.